The lowest BCUT2D eigenvalue weighted by Gasteiger charge is -2.43. The minimum Gasteiger partial charge on any atom is -0.407 e. The van der Waals surface area contributed by atoms with E-state index in [0.717, 1.165) is 38.7 Å². The van der Waals surface area contributed by atoms with Crippen molar-refractivity contribution in [2.45, 2.75) is 85.1 Å². The maximum atomic E-state index is 12.7. The molecule has 1 aliphatic rings. The Morgan fingerprint density at radius 3 is 2.15 bits per heavy atom. The van der Waals surface area contributed by atoms with Crippen molar-refractivity contribution >= 4 is 24.5 Å². The fourth-order valence-corrected chi connectivity index (χ4v) is 10.3. The predicted molar refractivity (Wildman–Crippen MR) is 147 cm³/mol. The van der Waals surface area contributed by atoms with Crippen LogP contribution in [-0.4, -0.2) is 20.7 Å². The molecule has 2 aromatic carbocycles. The van der Waals surface area contributed by atoms with Gasteiger partial charge in [-0.15, -0.1) is 0 Å². The third-order valence-electron chi connectivity index (χ3n) is 7.76. The van der Waals surface area contributed by atoms with Gasteiger partial charge in [-0.1, -0.05) is 113 Å². The van der Waals surface area contributed by atoms with Crippen molar-refractivity contribution in [3.63, 3.8) is 0 Å². The van der Waals surface area contributed by atoms with Crippen molar-refractivity contribution in [2.75, 3.05) is 6.61 Å². The molecule has 184 valence electrons. The van der Waals surface area contributed by atoms with E-state index >= 15 is 0 Å². The van der Waals surface area contributed by atoms with Crippen LogP contribution in [0.2, 0.25) is 5.04 Å². The number of carbonyl (C=O) groups excluding carboxylic acids is 1. The van der Waals surface area contributed by atoms with Crippen molar-refractivity contribution in [1.82, 2.24) is 0 Å². The summed E-state index contributed by atoms with van der Waals surface area (Å²) >= 11 is 0. The lowest BCUT2D eigenvalue weighted by atomic mass is 9.68. The minimum absolute atomic E-state index is 0.00716. The maximum absolute atomic E-state index is 12.7. The van der Waals surface area contributed by atoms with Crippen LogP contribution in [0.1, 0.15) is 80.1 Å². The molecule has 2 nitrogen and oxygen atoms in total. The molecule has 3 rings (SSSR count). The highest BCUT2D eigenvalue weighted by atomic mass is 28.4. The predicted octanol–water partition coefficient (Wildman–Crippen LogP) is 7.08. The summed E-state index contributed by atoms with van der Waals surface area (Å²) in [6.45, 7) is 14.2. The smallest absolute Gasteiger partial charge is 0.261 e. The van der Waals surface area contributed by atoms with Crippen molar-refractivity contribution in [2.24, 2.45) is 11.3 Å². The molecular weight excluding hydrogens is 432 g/mol. The highest BCUT2D eigenvalue weighted by Gasteiger charge is 2.49. The third-order valence-corrected chi connectivity index (χ3v) is 12.8. The third kappa shape index (κ3) is 5.80. The van der Waals surface area contributed by atoms with E-state index in [1.165, 1.54) is 22.4 Å². The normalized spacial score (nSPS) is 22.1. The first-order valence-corrected chi connectivity index (χ1v) is 15.0. The van der Waals surface area contributed by atoms with Gasteiger partial charge in [-0.3, -0.25) is 4.79 Å². The minimum atomic E-state index is -2.46. The summed E-state index contributed by atoms with van der Waals surface area (Å²) in [5, 5.41) is 2.67. The van der Waals surface area contributed by atoms with Gasteiger partial charge in [0.2, 0.25) is 0 Å². The Bertz CT molecular complexity index is 918. The van der Waals surface area contributed by atoms with Gasteiger partial charge in [0.1, 0.15) is 5.78 Å². The number of hydrogen-bond acceptors (Lipinski definition) is 2. The second kappa shape index (κ2) is 11.2. The zero-order chi connectivity index (χ0) is 24.8. The molecule has 1 aliphatic carbocycles. The van der Waals surface area contributed by atoms with E-state index in [4.69, 9.17) is 4.43 Å². The highest BCUT2D eigenvalue weighted by Crippen LogP contribution is 2.39. The molecule has 0 amide bonds. The molecule has 0 bridgehead atoms. The molecular formula is C31H44O2Si. The van der Waals surface area contributed by atoms with E-state index in [1.54, 1.807) is 0 Å². The van der Waals surface area contributed by atoms with Crippen LogP contribution in [0.15, 0.2) is 72.3 Å². The van der Waals surface area contributed by atoms with Crippen molar-refractivity contribution < 1.29 is 9.22 Å². The molecule has 0 heterocycles. The van der Waals surface area contributed by atoms with E-state index in [-0.39, 0.29) is 16.4 Å². The molecule has 0 saturated heterocycles. The second-order valence-corrected chi connectivity index (χ2v) is 15.9. The lowest BCUT2D eigenvalue weighted by Crippen LogP contribution is -2.66. The quantitative estimate of drug-likeness (QED) is 0.220. The standard InChI is InChI=1S/C31H44O2Si/c1-25(21-23-31(6)22-13-16-26(2)29(31)32)15-14-24-33-34(30(3,4)5,27-17-9-7-10-18-27)28-19-11-8-12-20-28/h7-12,17-21,26H,13-16,22-24H2,1-6H3/b25-21+/t26-,31+/m1/s1. The van der Waals surface area contributed by atoms with Gasteiger partial charge in [-0.2, -0.15) is 0 Å². The summed E-state index contributed by atoms with van der Waals surface area (Å²) in [6.07, 6.45) is 8.44. The SMILES string of the molecule is C/C(=C\C[C@]1(C)CCC[C@@H](C)C1=O)CCCO[Si](c1ccccc1)(c1ccccc1)C(C)(C)C. The Kier molecular flexibility index (Phi) is 8.75. The number of carbonyl (C=O) groups is 1. The maximum Gasteiger partial charge on any atom is 0.261 e. The van der Waals surface area contributed by atoms with Gasteiger partial charge in [0.25, 0.3) is 8.32 Å². The van der Waals surface area contributed by atoms with Crippen LogP contribution in [0, 0.1) is 11.3 Å². The zero-order valence-corrected chi connectivity index (χ0v) is 23.2. The summed E-state index contributed by atoms with van der Waals surface area (Å²) in [7, 11) is -2.46. The van der Waals surface area contributed by atoms with Crippen LogP contribution < -0.4 is 10.4 Å². The molecule has 3 heteroatoms. The van der Waals surface area contributed by atoms with Crippen molar-refractivity contribution in [3.8, 4) is 0 Å². The molecule has 0 unspecified atom stereocenters. The number of allylic oxidation sites excluding steroid dienone is 2. The summed E-state index contributed by atoms with van der Waals surface area (Å²) in [6, 6.07) is 21.7. The molecule has 0 radical (unpaired) electrons. The fraction of sp³-hybridized carbons (Fsp3) is 0.516. The first-order valence-electron chi connectivity index (χ1n) is 13.1. The van der Waals surface area contributed by atoms with E-state index in [9.17, 15) is 4.79 Å². The fourth-order valence-electron chi connectivity index (χ4n) is 5.69. The zero-order valence-electron chi connectivity index (χ0n) is 22.2. The van der Waals surface area contributed by atoms with Gasteiger partial charge >= 0.3 is 0 Å². The Morgan fingerprint density at radius 2 is 1.62 bits per heavy atom. The second-order valence-electron chi connectivity index (χ2n) is 11.6. The van der Waals surface area contributed by atoms with Crippen LogP contribution in [0.3, 0.4) is 0 Å². The topological polar surface area (TPSA) is 26.3 Å². The van der Waals surface area contributed by atoms with Crippen LogP contribution in [0.5, 0.6) is 0 Å². The van der Waals surface area contributed by atoms with Crippen LogP contribution >= 0.6 is 0 Å². The van der Waals surface area contributed by atoms with E-state index in [0.29, 0.717) is 5.78 Å². The number of rotatable bonds is 9. The van der Waals surface area contributed by atoms with Crippen LogP contribution in [0.4, 0.5) is 0 Å². The van der Waals surface area contributed by atoms with E-state index in [2.05, 4.69) is 108 Å². The monoisotopic (exact) mass is 476 g/mol. The molecule has 2 atom stereocenters. The van der Waals surface area contributed by atoms with Crippen LogP contribution in [-0.2, 0) is 9.22 Å². The van der Waals surface area contributed by atoms with Gasteiger partial charge in [0.15, 0.2) is 0 Å². The molecule has 0 aromatic heterocycles. The molecule has 1 saturated carbocycles. The van der Waals surface area contributed by atoms with Crippen molar-refractivity contribution in [1.29, 1.82) is 0 Å². The Labute approximate surface area is 209 Å². The average Bonchev–Trinajstić information content (AvgIpc) is 2.82. The van der Waals surface area contributed by atoms with E-state index < -0.39 is 8.32 Å². The lowest BCUT2D eigenvalue weighted by molar-refractivity contribution is -0.134. The molecule has 0 N–H and O–H groups in total. The van der Waals surface area contributed by atoms with Gasteiger partial charge < -0.3 is 4.43 Å². The summed E-state index contributed by atoms with van der Waals surface area (Å²) in [5.41, 5.74) is 1.20. The molecule has 0 spiro atoms. The molecule has 1 fully saturated rings. The average molecular weight is 477 g/mol. The Morgan fingerprint density at radius 1 is 1.06 bits per heavy atom. The summed E-state index contributed by atoms with van der Waals surface area (Å²) < 4.78 is 7.02. The molecule has 2 aromatic rings. The van der Waals surface area contributed by atoms with Crippen molar-refractivity contribution in [3.05, 3.63) is 72.3 Å². The summed E-state index contributed by atoms with van der Waals surface area (Å²) in [4.78, 5) is 12.7. The Balaban J connectivity index is 1.71. The van der Waals surface area contributed by atoms with Crippen LogP contribution in [0.25, 0.3) is 0 Å². The number of hydrogen-bond donors (Lipinski definition) is 0. The highest BCUT2D eigenvalue weighted by molar-refractivity contribution is 6.99. The largest absolute Gasteiger partial charge is 0.407 e. The Hall–Kier alpha value is -1.97. The molecule has 34 heavy (non-hydrogen) atoms. The van der Waals surface area contributed by atoms with Gasteiger partial charge in [0.05, 0.1) is 0 Å². The number of Topliss-reactive ketones (excluding diaryl/α,β-unsaturated/α-hetero) is 1. The first kappa shape index (κ1) is 26.6. The first-order chi connectivity index (χ1) is 16.1. The van der Waals surface area contributed by atoms with Gasteiger partial charge in [0, 0.05) is 17.9 Å². The molecule has 0 aliphatic heterocycles. The van der Waals surface area contributed by atoms with Gasteiger partial charge in [-0.05, 0) is 54.4 Å². The summed E-state index contributed by atoms with van der Waals surface area (Å²) in [5.74, 6) is 0.671. The number of ketones is 1. The van der Waals surface area contributed by atoms with Gasteiger partial charge in [-0.25, -0.2) is 0 Å². The number of benzene rings is 2. The van der Waals surface area contributed by atoms with E-state index in [1.807, 2.05) is 0 Å².